The van der Waals surface area contributed by atoms with E-state index in [4.69, 9.17) is 15.2 Å². The smallest absolute Gasteiger partial charge is 0.342 e. The maximum Gasteiger partial charge on any atom is 0.342 e. The molecule has 3 rings (SSSR count). The Balaban J connectivity index is 1.61. The van der Waals surface area contributed by atoms with Crippen molar-refractivity contribution >= 4 is 11.7 Å². The van der Waals surface area contributed by atoms with Gasteiger partial charge < -0.3 is 35.6 Å². The molecule has 1 aromatic rings. The molecule has 0 radical (unpaired) electrons. The molecule has 5 atom stereocenters. The molecule has 2 aliphatic rings. The highest BCUT2D eigenvalue weighted by molar-refractivity contribution is 5.93. The summed E-state index contributed by atoms with van der Waals surface area (Å²) in [5.74, 6) is -1.14. The lowest BCUT2D eigenvalue weighted by Crippen LogP contribution is -2.64. The molecule has 27 heavy (non-hydrogen) atoms. The van der Waals surface area contributed by atoms with Crippen LogP contribution in [0.25, 0.3) is 0 Å². The minimum atomic E-state index is -1.33. The number of phenols is 1. The first-order valence-corrected chi connectivity index (χ1v) is 9.08. The van der Waals surface area contributed by atoms with Crippen LogP contribution in [0, 0.1) is 0 Å². The summed E-state index contributed by atoms with van der Waals surface area (Å²) in [4.78, 5) is 14.0. The number of hydrogen-bond acceptors (Lipinski definition) is 9. The van der Waals surface area contributed by atoms with Gasteiger partial charge in [-0.25, -0.2) is 4.79 Å². The lowest BCUT2D eigenvalue weighted by Gasteiger charge is -2.46. The monoisotopic (exact) mass is 382 g/mol. The van der Waals surface area contributed by atoms with Crippen molar-refractivity contribution in [3.05, 3.63) is 23.8 Å². The predicted molar refractivity (Wildman–Crippen MR) is 94.9 cm³/mol. The number of benzene rings is 1. The molecule has 0 saturated carbocycles. The summed E-state index contributed by atoms with van der Waals surface area (Å²) in [5.41, 5.74) is 5.76. The number of carbonyl (C=O) groups excluding carboxylic acids is 1. The highest BCUT2D eigenvalue weighted by Gasteiger charge is 2.47. The van der Waals surface area contributed by atoms with Gasteiger partial charge in [-0.2, -0.15) is 0 Å². The fourth-order valence-corrected chi connectivity index (χ4v) is 3.63. The van der Waals surface area contributed by atoms with Crippen LogP contribution in [0.15, 0.2) is 18.2 Å². The molecule has 150 valence electrons. The fraction of sp³-hybridized carbons (Fsp3) is 0.611. The van der Waals surface area contributed by atoms with Crippen LogP contribution in [0.1, 0.15) is 29.6 Å². The number of nitrogens with zero attached hydrogens (tertiary/aromatic N) is 1. The molecule has 0 bridgehead atoms. The quantitative estimate of drug-likeness (QED) is 0.262. The molecule has 2 unspecified atom stereocenters. The van der Waals surface area contributed by atoms with Gasteiger partial charge in [0.1, 0.15) is 36.2 Å². The van der Waals surface area contributed by atoms with Crippen LogP contribution in [0.4, 0.5) is 5.69 Å². The molecule has 0 aromatic heterocycles. The number of esters is 1. The van der Waals surface area contributed by atoms with Crippen LogP contribution >= 0.6 is 0 Å². The zero-order valence-electron chi connectivity index (χ0n) is 14.9. The Kier molecular flexibility index (Phi) is 6.18. The Hall–Kier alpha value is -1.91. The van der Waals surface area contributed by atoms with Crippen LogP contribution < -0.4 is 5.73 Å². The van der Waals surface area contributed by atoms with Crippen LogP contribution in [0.5, 0.6) is 5.75 Å². The van der Waals surface area contributed by atoms with Gasteiger partial charge in [0.25, 0.3) is 0 Å². The third-order valence-electron chi connectivity index (χ3n) is 5.12. The molecule has 2 aliphatic heterocycles. The Morgan fingerprint density at radius 1 is 1.19 bits per heavy atom. The zero-order chi connectivity index (χ0) is 19.6. The molecule has 0 aliphatic carbocycles. The average Bonchev–Trinajstić information content (AvgIpc) is 2.66. The van der Waals surface area contributed by atoms with Crippen LogP contribution in [-0.4, -0.2) is 81.6 Å². The lowest BCUT2D eigenvalue weighted by atomic mass is 9.94. The number of anilines is 1. The number of hydrogen-bond donors (Lipinski definition) is 5. The van der Waals surface area contributed by atoms with Crippen LogP contribution in [0.3, 0.4) is 0 Å². The molecule has 0 amide bonds. The number of nitrogen functional groups attached to an aromatic ring is 1. The van der Waals surface area contributed by atoms with Gasteiger partial charge in [-0.3, -0.25) is 4.90 Å². The maximum absolute atomic E-state index is 12.1. The van der Waals surface area contributed by atoms with E-state index < -0.39 is 43.2 Å². The Bertz CT molecular complexity index is 665. The van der Waals surface area contributed by atoms with Gasteiger partial charge >= 0.3 is 5.97 Å². The first-order valence-electron chi connectivity index (χ1n) is 9.08. The van der Waals surface area contributed by atoms with Crippen molar-refractivity contribution in [1.82, 2.24) is 4.90 Å². The summed E-state index contributed by atoms with van der Waals surface area (Å²) in [5, 5.41) is 40.9. The molecule has 2 heterocycles. The maximum atomic E-state index is 12.1. The molecular weight excluding hydrogens is 356 g/mol. The van der Waals surface area contributed by atoms with Gasteiger partial charge in [0.05, 0.1) is 6.04 Å². The van der Waals surface area contributed by atoms with E-state index >= 15 is 0 Å². The van der Waals surface area contributed by atoms with Crippen molar-refractivity contribution in [2.75, 3.05) is 25.4 Å². The highest BCUT2D eigenvalue weighted by atomic mass is 16.6. The second-order valence-electron chi connectivity index (χ2n) is 7.01. The summed E-state index contributed by atoms with van der Waals surface area (Å²) in [6, 6.07) is 3.25. The van der Waals surface area contributed by atoms with E-state index in [1.54, 1.807) is 0 Å². The first-order chi connectivity index (χ1) is 12.9. The third kappa shape index (κ3) is 4.33. The summed E-state index contributed by atoms with van der Waals surface area (Å²) >= 11 is 0. The van der Waals surface area contributed by atoms with Crippen molar-refractivity contribution in [3.8, 4) is 5.75 Å². The number of likely N-dealkylation sites (tertiary alicyclic amines) is 1. The van der Waals surface area contributed by atoms with Gasteiger partial charge in [-0.15, -0.1) is 0 Å². The van der Waals surface area contributed by atoms with E-state index in [1.165, 1.54) is 18.2 Å². The summed E-state index contributed by atoms with van der Waals surface area (Å²) in [6.45, 7) is 1.03. The standard InChI is InChI=1S/C18H26N2O7/c19-10-4-5-12(21)11(8-10)17(24)26-9-13-15(22)16(23)14(18(25)27-13)20-6-2-1-3-7-20/h4-5,8,13-16,18,21-23,25H,1-3,6-7,9,19H2/t13?,14?,15-,16+,18+/m0/s1. The SMILES string of the molecule is Nc1ccc(O)c(C(=O)OCC2O[C@@H](O)C(N3CCCCC3)[C@@H](O)[C@H]2O)c1. The van der Waals surface area contributed by atoms with Crippen molar-refractivity contribution in [2.45, 2.75) is 49.9 Å². The van der Waals surface area contributed by atoms with Gasteiger partial charge in [0, 0.05) is 5.69 Å². The van der Waals surface area contributed by atoms with E-state index in [2.05, 4.69) is 0 Å². The number of aliphatic hydroxyl groups excluding tert-OH is 3. The van der Waals surface area contributed by atoms with E-state index in [1.807, 2.05) is 4.90 Å². The summed E-state index contributed by atoms with van der Waals surface area (Å²) in [7, 11) is 0. The number of rotatable bonds is 4. The number of piperidine rings is 1. The largest absolute Gasteiger partial charge is 0.507 e. The molecular formula is C18H26N2O7. The summed E-state index contributed by atoms with van der Waals surface area (Å²) in [6.07, 6.45) is -1.98. The predicted octanol–water partition coefficient (Wildman–Crippen LogP) is -0.575. The second-order valence-corrected chi connectivity index (χ2v) is 7.01. The van der Waals surface area contributed by atoms with E-state index in [0.717, 1.165) is 19.3 Å². The van der Waals surface area contributed by atoms with Crippen molar-refractivity contribution < 1.29 is 34.7 Å². The van der Waals surface area contributed by atoms with Gasteiger partial charge in [0.2, 0.25) is 0 Å². The number of ether oxygens (including phenoxy) is 2. The fourth-order valence-electron chi connectivity index (χ4n) is 3.63. The Morgan fingerprint density at radius 3 is 2.59 bits per heavy atom. The van der Waals surface area contributed by atoms with Gasteiger partial charge in [-0.05, 0) is 44.1 Å². The molecule has 1 aromatic carbocycles. The number of nitrogens with two attached hydrogens (primary N) is 1. The zero-order valence-corrected chi connectivity index (χ0v) is 14.9. The molecule has 6 N–H and O–H groups in total. The first kappa shape index (κ1) is 19.8. The molecule has 9 nitrogen and oxygen atoms in total. The molecule has 2 fully saturated rings. The van der Waals surface area contributed by atoms with Crippen LogP contribution in [-0.2, 0) is 9.47 Å². The molecule has 0 spiro atoms. The number of aliphatic hydroxyl groups is 3. The van der Waals surface area contributed by atoms with E-state index in [0.29, 0.717) is 13.1 Å². The van der Waals surface area contributed by atoms with E-state index in [-0.39, 0.29) is 17.0 Å². The Morgan fingerprint density at radius 2 is 1.89 bits per heavy atom. The summed E-state index contributed by atoms with van der Waals surface area (Å²) < 4.78 is 10.5. The van der Waals surface area contributed by atoms with E-state index in [9.17, 15) is 25.2 Å². The average molecular weight is 382 g/mol. The van der Waals surface area contributed by atoms with Gasteiger partial charge in [-0.1, -0.05) is 6.42 Å². The topological polar surface area (TPSA) is 146 Å². The molecule has 2 saturated heterocycles. The minimum absolute atomic E-state index is 0.118. The third-order valence-corrected chi connectivity index (χ3v) is 5.12. The molecule has 9 heteroatoms. The lowest BCUT2D eigenvalue weighted by molar-refractivity contribution is -0.273. The van der Waals surface area contributed by atoms with Crippen molar-refractivity contribution in [3.63, 3.8) is 0 Å². The number of carbonyl (C=O) groups is 1. The number of phenolic OH excluding ortho intramolecular Hbond substituents is 1. The minimum Gasteiger partial charge on any atom is -0.507 e. The highest BCUT2D eigenvalue weighted by Crippen LogP contribution is 2.27. The second kappa shape index (κ2) is 8.41. The van der Waals surface area contributed by atoms with Crippen LogP contribution in [0.2, 0.25) is 0 Å². The van der Waals surface area contributed by atoms with Crippen molar-refractivity contribution in [1.29, 1.82) is 0 Å². The van der Waals surface area contributed by atoms with Crippen molar-refractivity contribution in [2.24, 2.45) is 0 Å². The Labute approximate surface area is 156 Å². The normalized spacial score (nSPS) is 32.2. The van der Waals surface area contributed by atoms with Gasteiger partial charge in [0.15, 0.2) is 6.29 Å². The number of aromatic hydroxyl groups is 1.